The number of hydrogen-bond acceptors (Lipinski definition) is 5. The van der Waals surface area contributed by atoms with Gasteiger partial charge in [0.05, 0.1) is 12.0 Å². The number of carbonyl (C=O) groups excluding carboxylic acids is 1. The third-order valence-corrected chi connectivity index (χ3v) is 4.96. The molecule has 0 bridgehead atoms. The predicted octanol–water partition coefficient (Wildman–Crippen LogP) is 2.69. The molecule has 7 nitrogen and oxygen atoms in total. The lowest BCUT2D eigenvalue weighted by atomic mass is 9.96. The maximum absolute atomic E-state index is 14.7. The lowest BCUT2D eigenvalue weighted by Crippen LogP contribution is -2.42. The Bertz CT molecular complexity index is 912. The lowest BCUT2D eigenvalue weighted by molar-refractivity contribution is -0.179. The second kappa shape index (κ2) is 10.2. The standard InChI is InChI=1S/C18H20F7N5O2/c19-14-15(29-8-3-11(4-9-29)18(23,24)25)28-12(2-1-5-17(20,21)22)30(16(14)32)10-13(31)27-7-6-26/h11H,1-5,7-10H2,(H,27,31). The van der Waals surface area contributed by atoms with Crippen LogP contribution in [0.2, 0.25) is 0 Å². The molecule has 1 saturated heterocycles. The second-order valence-corrected chi connectivity index (χ2v) is 7.26. The fourth-order valence-corrected chi connectivity index (χ4v) is 3.33. The number of anilines is 1. The van der Waals surface area contributed by atoms with Crippen LogP contribution in [0.1, 0.15) is 31.5 Å². The van der Waals surface area contributed by atoms with E-state index in [1.54, 1.807) is 6.07 Å². The predicted molar refractivity (Wildman–Crippen MR) is 97.1 cm³/mol. The third-order valence-electron chi connectivity index (χ3n) is 4.96. The Kier molecular flexibility index (Phi) is 8.08. The Balaban J connectivity index is 2.32. The molecule has 0 spiro atoms. The van der Waals surface area contributed by atoms with Crippen molar-refractivity contribution in [2.75, 3.05) is 24.5 Å². The fraction of sp³-hybridized carbons (Fsp3) is 0.667. The first-order chi connectivity index (χ1) is 14.8. The number of aryl methyl sites for hydroxylation is 1. The van der Waals surface area contributed by atoms with E-state index in [0.29, 0.717) is 4.57 Å². The molecule has 2 rings (SSSR count). The molecular weight excluding hydrogens is 451 g/mol. The number of nitrogens with zero attached hydrogens (tertiary/aromatic N) is 4. The molecule has 1 aromatic rings. The molecule has 0 atom stereocenters. The van der Waals surface area contributed by atoms with Gasteiger partial charge in [-0.05, 0) is 19.3 Å². The van der Waals surface area contributed by atoms with E-state index >= 15 is 0 Å². The van der Waals surface area contributed by atoms with Gasteiger partial charge in [-0.2, -0.15) is 36.0 Å². The van der Waals surface area contributed by atoms with Crippen molar-refractivity contribution in [3.8, 4) is 6.07 Å². The number of carbonyl (C=O) groups is 1. The highest BCUT2D eigenvalue weighted by Gasteiger charge is 2.41. The Labute approximate surface area is 177 Å². The number of aromatic nitrogens is 2. The van der Waals surface area contributed by atoms with E-state index in [-0.39, 0.29) is 31.8 Å². The number of amides is 1. The van der Waals surface area contributed by atoms with Crippen LogP contribution < -0.4 is 15.8 Å². The van der Waals surface area contributed by atoms with Crippen molar-refractivity contribution in [1.82, 2.24) is 14.9 Å². The zero-order valence-electron chi connectivity index (χ0n) is 16.7. The molecule has 0 radical (unpaired) electrons. The van der Waals surface area contributed by atoms with E-state index in [9.17, 15) is 40.3 Å². The maximum Gasteiger partial charge on any atom is 0.391 e. The smallest absolute Gasteiger partial charge is 0.354 e. The van der Waals surface area contributed by atoms with Gasteiger partial charge in [0, 0.05) is 25.9 Å². The van der Waals surface area contributed by atoms with Gasteiger partial charge in [0.2, 0.25) is 11.7 Å². The summed E-state index contributed by atoms with van der Waals surface area (Å²) in [6.07, 6.45) is -11.8. The third kappa shape index (κ3) is 6.83. The Morgan fingerprint density at radius 1 is 1.19 bits per heavy atom. The first kappa shape index (κ1) is 25.4. The zero-order chi connectivity index (χ0) is 24.1. The van der Waals surface area contributed by atoms with Crippen molar-refractivity contribution < 1.29 is 35.5 Å². The van der Waals surface area contributed by atoms with Crippen molar-refractivity contribution in [2.24, 2.45) is 5.92 Å². The van der Waals surface area contributed by atoms with Crippen LogP contribution in [0.4, 0.5) is 36.6 Å². The summed E-state index contributed by atoms with van der Waals surface area (Å²) in [6.45, 7) is -1.67. The average Bonchev–Trinajstić information content (AvgIpc) is 2.70. The highest BCUT2D eigenvalue weighted by molar-refractivity contribution is 5.76. The van der Waals surface area contributed by atoms with Gasteiger partial charge < -0.3 is 10.2 Å². The van der Waals surface area contributed by atoms with Crippen LogP contribution >= 0.6 is 0 Å². The number of rotatable bonds is 7. The first-order valence-corrected chi connectivity index (χ1v) is 9.64. The van der Waals surface area contributed by atoms with Crippen LogP contribution in [0.15, 0.2) is 4.79 Å². The summed E-state index contributed by atoms with van der Waals surface area (Å²) in [5.74, 6) is -4.71. The molecule has 178 valence electrons. The molecule has 2 heterocycles. The van der Waals surface area contributed by atoms with E-state index in [1.807, 2.05) is 0 Å². The number of nitrogens with one attached hydrogen (secondary N) is 1. The van der Waals surface area contributed by atoms with Gasteiger partial charge in [0.15, 0.2) is 5.82 Å². The molecule has 14 heteroatoms. The van der Waals surface area contributed by atoms with E-state index in [1.165, 1.54) is 0 Å². The highest BCUT2D eigenvalue weighted by Crippen LogP contribution is 2.35. The van der Waals surface area contributed by atoms with E-state index < -0.39 is 73.7 Å². The van der Waals surface area contributed by atoms with Crippen LogP contribution in [0.5, 0.6) is 0 Å². The summed E-state index contributed by atoms with van der Waals surface area (Å²) in [7, 11) is 0. The minimum Gasteiger partial charge on any atom is -0.354 e. The summed E-state index contributed by atoms with van der Waals surface area (Å²) >= 11 is 0. The number of nitriles is 1. The van der Waals surface area contributed by atoms with Crippen molar-refractivity contribution in [3.63, 3.8) is 0 Å². The fourth-order valence-electron chi connectivity index (χ4n) is 3.33. The van der Waals surface area contributed by atoms with Crippen LogP contribution in [0, 0.1) is 23.1 Å². The molecule has 1 amide bonds. The zero-order valence-corrected chi connectivity index (χ0v) is 16.7. The summed E-state index contributed by atoms with van der Waals surface area (Å²) in [5.41, 5.74) is -1.33. The molecule has 1 aliphatic rings. The highest BCUT2D eigenvalue weighted by atomic mass is 19.4. The van der Waals surface area contributed by atoms with E-state index in [0.717, 1.165) is 4.90 Å². The minimum atomic E-state index is -4.49. The van der Waals surface area contributed by atoms with Gasteiger partial charge in [-0.1, -0.05) is 0 Å². The minimum absolute atomic E-state index is 0.248. The quantitative estimate of drug-likeness (QED) is 0.488. The number of halogens is 7. The topological polar surface area (TPSA) is 91.0 Å². The molecule has 1 aliphatic heterocycles. The van der Waals surface area contributed by atoms with Crippen LogP contribution in [-0.4, -0.2) is 47.4 Å². The molecule has 32 heavy (non-hydrogen) atoms. The number of hydrogen-bond donors (Lipinski definition) is 1. The second-order valence-electron chi connectivity index (χ2n) is 7.26. The van der Waals surface area contributed by atoms with Crippen LogP contribution in [0.25, 0.3) is 0 Å². The van der Waals surface area contributed by atoms with Gasteiger partial charge in [-0.3, -0.25) is 14.2 Å². The average molecular weight is 471 g/mol. The molecule has 1 N–H and O–H groups in total. The molecule has 1 fully saturated rings. The molecule has 1 aromatic heterocycles. The maximum atomic E-state index is 14.7. The van der Waals surface area contributed by atoms with Gasteiger partial charge in [0.1, 0.15) is 18.9 Å². The number of piperidine rings is 1. The summed E-state index contributed by atoms with van der Waals surface area (Å²) in [5, 5.41) is 10.6. The van der Waals surface area contributed by atoms with Crippen molar-refractivity contribution in [2.45, 2.75) is 51.0 Å². The van der Waals surface area contributed by atoms with Gasteiger partial charge in [-0.15, -0.1) is 0 Å². The number of alkyl halides is 6. The van der Waals surface area contributed by atoms with Crippen molar-refractivity contribution >= 4 is 11.7 Å². The largest absolute Gasteiger partial charge is 0.391 e. The molecular formula is C18H20F7N5O2. The Hall–Kier alpha value is -2.85. The Morgan fingerprint density at radius 2 is 1.81 bits per heavy atom. The summed E-state index contributed by atoms with van der Waals surface area (Å²) < 4.78 is 91.5. The SMILES string of the molecule is N#CCNC(=O)Cn1c(CCCC(F)(F)F)nc(N2CCC(C(F)(F)F)CC2)c(F)c1=O. The van der Waals surface area contributed by atoms with Crippen molar-refractivity contribution in [1.29, 1.82) is 5.26 Å². The van der Waals surface area contributed by atoms with Gasteiger partial charge in [-0.25, -0.2) is 4.98 Å². The lowest BCUT2D eigenvalue weighted by Gasteiger charge is -2.34. The summed E-state index contributed by atoms with van der Waals surface area (Å²) in [6, 6.07) is 1.62. The molecule has 0 unspecified atom stereocenters. The molecule has 0 saturated carbocycles. The van der Waals surface area contributed by atoms with Gasteiger partial charge in [0.25, 0.3) is 5.56 Å². The van der Waals surface area contributed by atoms with Crippen LogP contribution in [-0.2, 0) is 17.8 Å². The normalized spacial score (nSPS) is 15.5. The van der Waals surface area contributed by atoms with Crippen molar-refractivity contribution in [3.05, 3.63) is 22.0 Å². The first-order valence-electron chi connectivity index (χ1n) is 9.64. The van der Waals surface area contributed by atoms with E-state index in [2.05, 4.69) is 10.3 Å². The molecule has 0 aromatic carbocycles. The van der Waals surface area contributed by atoms with E-state index in [4.69, 9.17) is 5.26 Å². The monoisotopic (exact) mass is 471 g/mol. The summed E-state index contributed by atoms with van der Waals surface area (Å²) in [4.78, 5) is 29.5. The van der Waals surface area contributed by atoms with Gasteiger partial charge >= 0.3 is 12.4 Å². The van der Waals surface area contributed by atoms with Crippen LogP contribution in [0.3, 0.4) is 0 Å². The Morgan fingerprint density at radius 3 is 2.34 bits per heavy atom. The molecule has 0 aliphatic carbocycles.